The van der Waals surface area contributed by atoms with Crippen molar-refractivity contribution in [3.63, 3.8) is 0 Å². The standard InChI is InChI=1S/C9H14N2O2S/c1-5-8(6(2)13-11-5)4-14-7(3)9(10)12/h7H,4H2,1-3H3,(H2,10,12)/t7-/m1/s1. The second-order valence-electron chi connectivity index (χ2n) is 3.16. The SMILES string of the molecule is Cc1noc(C)c1CS[C@H](C)C(N)=O. The number of carbonyl (C=O) groups excluding carboxylic acids is 1. The van der Waals surface area contributed by atoms with Crippen LogP contribution >= 0.6 is 11.8 Å². The van der Waals surface area contributed by atoms with Crippen LogP contribution in [0.25, 0.3) is 0 Å². The highest BCUT2D eigenvalue weighted by Crippen LogP contribution is 2.22. The van der Waals surface area contributed by atoms with Crippen molar-refractivity contribution >= 4 is 17.7 Å². The van der Waals surface area contributed by atoms with Crippen molar-refractivity contribution in [3.8, 4) is 0 Å². The number of rotatable bonds is 4. The first-order valence-electron chi connectivity index (χ1n) is 4.35. The first-order valence-corrected chi connectivity index (χ1v) is 5.40. The van der Waals surface area contributed by atoms with Crippen molar-refractivity contribution in [2.24, 2.45) is 5.73 Å². The number of hydrogen-bond donors (Lipinski definition) is 1. The zero-order valence-corrected chi connectivity index (χ0v) is 9.35. The van der Waals surface area contributed by atoms with Crippen LogP contribution in [0.5, 0.6) is 0 Å². The first-order chi connectivity index (χ1) is 6.52. The average Bonchev–Trinajstić information content (AvgIpc) is 2.43. The van der Waals surface area contributed by atoms with Crippen molar-refractivity contribution in [1.29, 1.82) is 0 Å². The number of hydrogen-bond acceptors (Lipinski definition) is 4. The van der Waals surface area contributed by atoms with Crippen molar-refractivity contribution < 1.29 is 9.32 Å². The third-order valence-electron chi connectivity index (χ3n) is 2.06. The van der Waals surface area contributed by atoms with Gasteiger partial charge in [-0.3, -0.25) is 4.79 Å². The molecule has 14 heavy (non-hydrogen) atoms. The molecule has 1 rings (SSSR count). The minimum absolute atomic E-state index is 0.177. The maximum absolute atomic E-state index is 10.8. The topological polar surface area (TPSA) is 69.1 Å². The van der Waals surface area contributed by atoms with Crippen molar-refractivity contribution in [3.05, 3.63) is 17.0 Å². The summed E-state index contributed by atoms with van der Waals surface area (Å²) in [6.45, 7) is 5.55. The fourth-order valence-corrected chi connectivity index (χ4v) is 1.99. The molecule has 1 amide bonds. The first kappa shape index (κ1) is 11.1. The minimum Gasteiger partial charge on any atom is -0.369 e. The van der Waals surface area contributed by atoms with Gasteiger partial charge in [0.05, 0.1) is 10.9 Å². The van der Waals surface area contributed by atoms with Gasteiger partial charge in [-0.1, -0.05) is 5.16 Å². The molecule has 0 aliphatic heterocycles. The lowest BCUT2D eigenvalue weighted by Gasteiger charge is -2.05. The summed E-state index contributed by atoms with van der Waals surface area (Å²) < 4.78 is 5.01. The van der Waals surface area contributed by atoms with E-state index in [0.29, 0.717) is 5.75 Å². The summed E-state index contributed by atoms with van der Waals surface area (Å²) in [5, 5.41) is 3.66. The van der Waals surface area contributed by atoms with Crippen molar-refractivity contribution in [2.75, 3.05) is 0 Å². The van der Waals surface area contributed by atoms with Gasteiger partial charge in [-0.05, 0) is 20.8 Å². The maximum Gasteiger partial charge on any atom is 0.230 e. The number of carbonyl (C=O) groups is 1. The highest BCUT2D eigenvalue weighted by molar-refractivity contribution is 7.99. The number of nitrogens with zero attached hydrogens (tertiary/aromatic N) is 1. The van der Waals surface area contributed by atoms with E-state index in [0.717, 1.165) is 17.0 Å². The van der Waals surface area contributed by atoms with Gasteiger partial charge in [-0.15, -0.1) is 11.8 Å². The van der Waals surface area contributed by atoms with Gasteiger partial charge in [-0.25, -0.2) is 0 Å². The zero-order chi connectivity index (χ0) is 10.7. The lowest BCUT2D eigenvalue weighted by Crippen LogP contribution is -2.22. The highest BCUT2D eigenvalue weighted by atomic mass is 32.2. The molecule has 0 aromatic carbocycles. The molecule has 0 aliphatic carbocycles. The number of aromatic nitrogens is 1. The Morgan fingerprint density at radius 3 is 2.71 bits per heavy atom. The van der Waals surface area contributed by atoms with E-state index in [-0.39, 0.29) is 11.2 Å². The van der Waals surface area contributed by atoms with Crippen molar-refractivity contribution in [2.45, 2.75) is 31.8 Å². The Hall–Kier alpha value is -0.970. The molecule has 5 heteroatoms. The summed E-state index contributed by atoms with van der Waals surface area (Å²) in [5.74, 6) is 1.24. The molecule has 0 radical (unpaired) electrons. The summed E-state index contributed by atoms with van der Waals surface area (Å²) in [5.41, 5.74) is 7.09. The number of primary amides is 1. The largest absolute Gasteiger partial charge is 0.369 e. The van der Waals surface area contributed by atoms with Gasteiger partial charge in [0.25, 0.3) is 0 Å². The van der Waals surface area contributed by atoms with Crippen LogP contribution in [0.3, 0.4) is 0 Å². The Balaban J connectivity index is 2.57. The van der Waals surface area contributed by atoms with Crippen LogP contribution in [0.2, 0.25) is 0 Å². The molecule has 0 saturated heterocycles. The lowest BCUT2D eigenvalue weighted by atomic mass is 10.2. The van der Waals surface area contributed by atoms with E-state index in [1.165, 1.54) is 11.8 Å². The van der Waals surface area contributed by atoms with Gasteiger partial charge >= 0.3 is 0 Å². The Bertz CT molecular complexity index is 316. The fraction of sp³-hybridized carbons (Fsp3) is 0.556. The molecule has 0 aliphatic rings. The van der Waals surface area contributed by atoms with E-state index in [9.17, 15) is 4.79 Å². The molecule has 0 saturated carbocycles. The zero-order valence-electron chi connectivity index (χ0n) is 8.53. The number of nitrogens with two attached hydrogens (primary N) is 1. The lowest BCUT2D eigenvalue weighted by molar-refractivity contribution is -0.117. The predicted molar refractivity (Wildman–Crippen MR) is 55.9 cm³/mol. The van der Waals surface area contributed by atoms with Crippen LogP contribution in [0.4, 0.5) is 0 Å². The molecule has 2 N–H and O–H groups in total. The molecule has 4 nitrogen and oxygen atoms in total. The van der Waals surface area contributed by atoms with Gasteiger partial charge in [0.1, 0.15) is 5.76 Å². The summed E-state index contributed by atoms with van der Waals surface area (Å²) >= 11 is 1.50. The number of aryl methyl sites for hydroxylation is 2. The van der Waals surface area contributed by atoms with Gasteiger partial charge < -0.3 is 10.3 Å². The fourth-order valence-electron chi connectivity index (χ4n) is 0.998. The van der Waals surface area contributed by atoms with Gasteiger partial charge in [-0.2, -0.15) is 0 Å². The van der Waals surface area contributed by atoms with E-state index in [4.69, 9.17) is 10.3 Å². The molecule has 0 spiro atoms. The Morgan fingerprint density at radius 2 is 2.29 bits per heavy atom. The van der Waals surface area contributed by atoms with Crippen LogP contribution in [0, 0.1) is 13.8 Å². The summed E-state index contributed by atoms with van der Waals surface area (Å²) in [6.07, 6.45) is 0. The Kier molecular flexibility index (Phi) is 3.57. The Labute approximate surface area is 87.2 Å². The highest BCUT2D eigenvalue weighted by Gasteiger charge is 2.13. The van der Waals surface area contributed by atoms with Crippen LogP contribution in [-0.2, 0) is 10.5 Å². The minimum atomic E-state index is -0.290. The van der Waals surface area contributed by atoms with Crippen molar-refractivity contribution in [1.82, 2.24) is 5.16 Å². The molecule has 0 bridgehead atoms. The number of amides is 1. The third kappa shape index (κ3) is 2.51. The molecule has 1 atom stereocenters. The normalized spacial score (nSPS) is 12.8. The van der Waals surface area contributed by atoms with E-state index in [1.54, 1.807) is 6.92 Å². The molecule has 0 fully saturated rings. The quantitative estimate of drug-likeness (QED) is 0.822. The maximum atomic E-state index is 10.8. The van der Waals surface area contributed by atoms with Gasteiger partial charge in [0.2, 0.25) is 5.91 Å². The molecule has 0 unspecified atom stereocenters. The van der Waals surface area contributed by atoms with Gasteiger partial charge in [0, 0.05) is 11.3 Å². The summed E-state index contributed by atoms with van der Waals surface area (Å²) in [7, 11) is 0. The summed E-state index contributed by atoms with van der Waals surface area (Å²) in [4.78, 5) is 10.8. The average molecular weight is 214 g/mol. The molecule has 1 aromatic heterocycles. The monoisotopic (exact) mass is 214 g/mol. The molecular weight excluding hydrogens is 200 g/mol. The van der Waals surface area contributed by atoms with E-state index < -0.39 is 0 Å². The molecule has 78 valence electrons. The molecule has 1 heterocycles. The van der Waals surface area contributed by atoms with E-state index >= 15 is 0 Å². The van der Waals surface area contributed by atoms with Crippen LogP contribution in [0.15, 0.2) is 4.52 Å². The molecule has 1 aromatic rings. The van der Waals surface area contributed by atoms with E-state index in [2.05, 4.69) is 5.16 Å². The number of thioether (sulfide) groups is 1. The Morgan fingerprint density at radius 1 is 1.64 bits per heavy atom. The third-order valence-corrected chi connectivity index (χ3v) is 3.25. The van der Waals surface area contributed by atoms with Crippen LogP contribution < -0.4 is 5.73 Å². The second kappa shape index (κ2) is 4.50. The predicted octanol–water partition coefficient (Wildman–Crippen LogP) is 1.40. The van der Waals surface area contributed by atoms with E-state index in [1.807, 2.05) is 13.8 Å². The summed E-state index contributed by atoms with van der Waals surface area (Å²) in [6, 6.07) is 0. The smallest absolute Gasteiger partial charge is 0.230 e. The van der Waals surface area contributed by atoms with Crippen LogP contribution in [0.1, 0.15) is 23.9 Å². The van der Waals surface area contributed by atoms with Crippen LogP contribution in [-0.4, -0.2) is 16.3 Å². The van der Waals surface area contributed by atoms with Gasteiger partial charge in [0.15, 0.2) is 0 Å². The molecular formula is C9H14N2O2S. The second-order valence-corrected chi connectivity index (χ2v) is 4.49.